The quantitative estimate of drug-likeness (QED) is 0.502. The summed E-state index contributed by atoms with van der Waals surface area (Å²) in [7, 11) is 1.90. The van der Waals surface area contributed by atoms with Crippen molar-refractivity contribution < 1.29 is 4.39 Å². The first-order valence-corrected chi connectivity index (χ1v) is 10.0. The Morgan fingerprint density at radius 1 is 1.31 bits per heavy atom. The van der Waals surface area contributed by atoms with Crippen molar-refractivity contribution in [1.29, 1.82) is 0 Å². The Balaban J connectivity index is 1.62. The molecule has 4 aromatic heterocycles. The molecular formula is C19H21FN8S. The van der Waals surface area contributed by atoms with Crippen molar-refractivity contribution in [2.75, 3.05) is 12.0 Å². The van der Waals surface area contributed by atoms with Gasteiger partial charge in [0.25, 0.3) is 0 Å². The van der Waals surface area contributed by atoms with E-state index in [0.29, 0.717) is 17.1 Å². The van der Waals surface area contributed by atoms with Gasteiger partial charge in [-0.3, -0.25) is 8.96 Å². The van der Waals surface area contributed by atoms with Gasteiger partial charge in [-0.1, -0.05) is 0 Å². The number of fused-ring (bicyclic) bond motifs is 2. The Bertz CT molecular complexity index is 1280. The predicted molar refractivity (Wildman–Crippen MR) is 111 cm³/mol. The van der Waals surface area contributed by atoms with Gasteiger partial charge in [-0.15, -0.1) is 0 Å². The molecule has 0 radical (unpaired) electrons. The number of nitrogens with one attached hydrogen (secondary N) is 1. The van der Waals surface area contributed by atoms with Crippen molar-refractivity contribution >= 4 is 40.7 Å². The van der Waals surface area contributed by atoms with Gasteiger partial charge >= 0.3 is 0 Å². The highest BCUT2D eigenvalue weighted by Gasteiger charge is 2.40. The Morgan fingerprint density at radius 3 is 2.86 bits per heavy atom. The lowest BCUT2D eigenvalue weighted by Gasteiger charge is -2.42. The first-order chi connectivity index (χ1) is 14.0. The molecule has 1 aliphatic rings. The van der Waals surface area contributed by atoms with Gasteiger partial charge in [0.15, 0.2) is 16.1 Å². The molecule has 0 atom stereocenters. The Kier molecular flexibility index (Phi) is 4.12. The Morgan fingerprint density at radius 2 is 2.14 bits per heavy atom. The smallest absolute Gasteiger partial charge is 0.229 e. The van der Waals surface area contributed by atoms with Crippen LogP contribution in [0, 0.1) is 11.7 Å². The number of alkyl halides is 1. The third-order valence-corrected chi connectivity index (χ3v) is 6.45. The zero-order valence-corrected chi connectivity index (χ0v) is 17.1. The molecule has 0 unspecified atom stereocenters. The minimum Gasteiger partial charge on any atom is -0.323 e. The third-order valence-electron chi connectivity index (χ3n) is 5.99. The normalized spacial score (nSPS) is 15.7. The number of anilines is 2. The zero-order valence-electron chi connectivity index (χ0n) is 16.3. The monoisotopic (exact) mass is 412 g/mol. The van der Waals surface area contributed by atoms with Gasteiger partial charge < -0.3 is 9.88 Å². The second-order valence-corrected chi connectivity index (χ2v) is 8.02. The fourth-order valence-corrected chi connectivity index (χ4v) is 4.53. The van der Waals surface area contributed by atoms with Gasteiger partial charge in [-0.25, -0.2) is 14.5 Å². The average molecular weight is 412 g/mol. The van der Waals surface area contributed by atoms with Crippen LogP contribution >= 0.6 is 12.2 Å². The Hall–Kier alpha value is -2.88. The van der Waals surface area contributed by atoms with Crippen molar-refractivity contribution in [2.45, 2.75) is 38.1 Å². The number of halogens is 1. The molecule has 0 aromatic carbocycles. The van der Waals surface area contributed by atoms with E-state index in [1.54, 1.807) is 10.7 Å². The molecule has 0 bridgehead atoms. The summed E-state index contributed by atoms with van der Waals surface area (Å²) in [4.78, 5) is 13.5. The summed E-state index contributed by atoms with van der Waals surface area (Å²) in [6.45, 7) is 1.62. The molecule has 1 N–H and O–H groups in total. The first-order valence-electron chi connectivity index (χ1n) is 9.60. The maximum Gasteiger partial charge on any atom is 0.229 e. The van der Waals surface area contributed by atoms with E-state index in [9.17, 15) is 4.39 Å². The van der Waals surface area contributed by atoms with E-state index in [4.69, 9.17) is 17.2 Å². The number of aryl methyl sites for hydroxylation is 2. The van der Waals surface area contributed by atoms with Gasteiger partial charge in [-0.05, 0) is 56.5 Å². The minimum absolute atomic E-state index is 0.285. The van der Waals surface area contributed by atoms with Crippen LogP contribution in [0.15, 0.2) is 24.8 Å². The molecule has 4 heterocycles. The molecule has 4 aromatic rings. The van der Waals surface area contributed by atoms with Gasteiger partial charge in [0.1, 0.15) is 11.8 Å². The molecule has 1 saturated carbocycles. The van der Waals surface area contributed by atoms with E-state index < -0.39 is 0 Å². The number of imidazole rings is 1. The zero-order chi connectivity index (χ0) is 20.2. The lowest BCUT2D eigenvalue weighted by atomic mass is 9.74. The number of nitrogens with zero attached hydrogens (tertiary/aromatic N) is 7. The van der Waals surface area contributed by atoms with E-state index in [1.807, 2.05) is 35.4 Å². The van der Waals surface area contributed by atoms with Crippen molar-refractivity contribution in [3.63, 3.8) is 0 Å². The molecule has 0 spiro atoms. The molecule has 10 heteroatoms. The molecule has 0 aliphatic heterocycles. The second kappa shape index (κ2) is 6.58. The highest BCUT2D eigenvalue weighted by Crippen LogP contribution is 2.44. The number of pyridine rings is 1. The van der Waals surface area contributed by atoms with Crippen molar-refractivity contribution in [1.82, 2.24) is 33.7 Å². The van der Waals surface area contributed by atoms with Crippen LogP contribution in [0.5, 0.6) is 0 Å². The number of rotatable bonds is 5. The predicted octanol–water partition coefficient (Wildman–Crippen LogP) is 3.83. The summed E-state index contributed by atoms with van der Waals surface area (Å²) in [5.41, 5.74) is 3.92. The van der Waals surface area contributed by atoms with Crippen molar-refractivity contribution in [3.8, 4) is 0 Å². The third kappa shape index (κ3) is 2.73. The van der Waals surface area contributed by atoms with Crippen LogP contribution in [0.2, 0.25) is 0 Å². The summed E-state index contributed by atoms with van der Waals surface area (Å²) >= 11 is 5.69. The van der Waals surface area contributed by atoms with Gasteiger partial charge in [0.05, 0.1) is 30.3 Å². The SMILES string of the molecule is Cc1cc2ncnn2cc1Nc1ncc2c(n1)n(C1(CCF)CCC1)c(=S)n2C. The summed E-state index contributed by atoms with van der Waals surface area (Å²) in [5.74, 6) is 0.462. The average Bonchev–Trinajstić information content (AvgIpc) is 3.22. The topological polar surface area (TPSA) is 77.9 Å². The highest BCUT2D eigenvalue weighted by molar-refractivity contribution is 7.71. The molecule has 5 rings (SSSR count). The highest BCUT2D eigenvalue weighted by atomic mass is 32.1. The second-order valence-electron chi connectivity index (χ2n) is 7.65. The van der Waals surface area contributed by atoms with Crippen LogP contribution in [-0.2, 0) is 12.6 Å². The van der Waals surface area contributed by atoms with Gasteiger partial charge in [0.2, 0.25) is 5.95 Å². The summed E-state index contributed by atoms with van der Waals surface area (Å²) in [5, 5.41) is 7.46. The Labute approximate surface area is 171 Å². The first kappa shape index (κ1) is 18.2. The van der Waals surface area contributed by atoms with E-state index in [-0.39, 0.29) is 12.2 Å². The molecule has 8 nitrogen and oxygen atoms in total. The van der Waals surface area contributed by atoms with Crippen LogP contribution in [0.4, 0.5) is 16.0 Å². The lowest BCUT2D eigenvalue weighted by molar-refractivity contribution is 0.119. The lowest BCUT2D eigenvalue weighted by Crippen LogP contribution is -2.41. The number of aromatic nitrogens is 7. The van der Waals surface area contributed by atoms with Crippen LogP contribution in [0.1, 0.15) is 31.2 Å². The van der Waals surface area contributed by atoms with Crippen LogP contribution < -0.4 is 5.32 Å². The standard InChI is InChI=1S/C19H21FN8S/c1-12-8-15-22-11-23-27(15)10-13(12)24-17-21-9-14-16(25-17)28(18(29)26(14)2)19(6-7-20)4-3-5-19/h8-11H,3-7H2,1-2H3,(H,21,24,25). The van der Waals surface area contributed by atoms with E-state index in [1.165, 1.54) is 6.33 Å². The van der Waals surface area contributed by atoms with E-state index >= 15 is 0 Å². The van der Waals surface area contributed by atoms with Crippen molar-refractivity contribution in [3.05, 3.63) is 35.1 Å². The number of hydrogen-bond acceptors (Lipinski definition) is 6. The minimum atomic E-state index is -0.370. The van der Waals surface area contributed by atoms with Crippen LogP contribution in [0.25, 0.3) is 16.8 Å². The van der Waals surface area contributed by atoms with Gasteiger partial charge in [0, 0.05) is 7.05 Å². The molecule has 0 saturated heterocycles. The molecule has 0 amide bonds. The van der Waals surface area contributed by atoms with Crippen LogP contribution in [0.3, 0.4) is 0 Å². The van der Waals surface area contributed by atoms with Crippen LogP contribution in [-0.4, -0.2) is 40.4 Å². The molecule has 29 heavy (non-hydrogen) atoms. The summed E-state index contributed by atoms with van der Waals surface area (Å²) in [6.07, 6.45) is 8.50. The fraction of sp³-hybridized carbons (Fsp3) is 0.421. The maximum absolute atomic E-state index is 13.3. The molecule has 150 valence electrons. The number of hydrogen-bond donors (Lipinski definition) is 1. The molecule has 1 fully saturated rings. The summed E-state index contributed by atoms with van der Waals surface area (Å²) in [6, 6.07) is 1.95. The van der Waals surface area contributed by atoms with Gasteiger partial charge in [-0.2, -0.15) is 10.1 Å². The fourth-order valence-electron chi connectivity index (χ4n) is 4.15. The summed E-state index contributed by atoms with van der Waals surface area (Å²) < 4.78 is 19.6. The molecular weight excluding hydrogens is 391 g/mol. The maximum atomic E-state index is 13.3. The molecule has 1 aliphatic carbocycles. The largest absolute Gasteiger partial charge is 0.323 e. The van der Waals surface area contributed by atoms with Crippen molar-refractivity contribution in [2.24, 2.45) is 7.05 Å². The van der Waals surface area contributed by atoms with E-state index in [2.05, 4.69) is 20.4 Å². The van der Waals surface area contributed by atoms with E-state index in [0.717, 1.165) is 47.3 Å².